The first-order valence-corrected chi connectivity index (χ1v) is 8.43. The van der Waals surface area contributed by atoms with Crippen LogP contribution in [0.15, 0.2) is 24.3 Å². The molecule has 0 radical (unpaired) electrons. The highest BCUT2D eigenvalue weighted by Gasteiger charge is 2.28. The average molecular weight is 358 g/mol. The van der Waals surface area contributed by atoms with E-state index in [-0.39, 0.29) is 18.3 Å². The number of hydrogen-bond donors (Lipinski definition) is 2. The van der Waals surface area contributed by atoms with Crippen molar-refractivity contribution in [2.45, 2.75) is 19.4 Å². The summed E-state index contributed by atoms with van der Waals surface area (Å²) in [5, 5.41) is 16.2. The Labute approximate surface area is 151 Å². The van der Waals surface area contributed by atoms with Gasteiger partial charge in [-0.15, -0.1) is 0 Å². The SMILES string of the molecule is COc1ccc(CCNC(=O)N2CCc3c(c(C(=O)O)nn3C)C2)cc1. The van der Waals surface area contributed by atoms with E-state index in [0.717, 1.165) is 17.0 Å². The van der Waals surface area contributed by atoms with Gasteiger partial charge in [-0.25, -0.2) is 9.59 Å². The quantitative estimate of drug-likeness (QED) is 0.843. The number of amides is 2. The van der Waals surface area contributed by atoms with Crippen LogP contribution in [0.3, 0.4) is 0 Å². The van der Waals surface area contributed by atoms with Crippen LogP contribution < -0.4 is 10.1 Å². The summed E-state index contributed by atoms with van der Waals surface area (Å²) in [4.78, 5) is 25.4. The molecule has 0 bridgehead atoms. The molecule has 0 fully saturated rings. The van der Waals surface area contributed by atoms with Crippen molar-refractivity contribution in [3.05, 3.63) is 46.8 Å². The second kappa shape index (κ2) is 7.47. The number of carbonyl (C=O) groups is 2. The second-order valence-electron chi connectivity index (χ2n) is 6.20. The molecule has 26 heavy (non-hydrogen) atoms. The Hall–Kier alpha value is -3.03. The fourth-order valence-corrected chi connectivity index (χ4v) is 3.16. The van der Waals surface area contributed by atoms with Gasteiger partial charge in [0, 0.05) is 37.8 Å². The van der Waals surface area contributed by atoms with Gasteiger partial charge in [0.05, 0.1) is 13.7 Å². The smallest absolute Gasteiger partial charge is 0.356 e. The predicted molar refractivity (Wildman–Crippen MR) is 94.4 cm³/mol. The number of nitrogens with one attached hydrogen (secondary N) is 1. The van der Waals surface area contributed by atoms with Gasteiger partial charge in [-0.05, 0) is 24.1 Å². The molecule has 0 unspecified atom stereocenters. The number of hydrogen-bond acceptors (Lipinski definition) is 4. The third kappa shape index (κ3) is 3.63. The molecule has 8 heteroatoms. The number of methoxy groups -OCH3 is 1. The highest BCUT2D eigenvalue weighted by atomic mass is 16.5. The molecule has 1 aliphatic rings. The lowest BCUT2D eigenvalue weighted by atomic mass is 10.1. The molecule has 3 rings (SSSR count). The molecule has 1 aliphatic heterocycles. The third-order valence-electron chi connectivity index (χ3n) is 4.58. The number of rotatable bonds is 5. The van der Waals surface area contributed by atoms with Gasteiger partial charge in [-0.1, -0.05) is 12.1 Å². The van der Waals surface area contributed by atoms with Crippen molar-refractivity contribution in [3.8, 4) is 5.75 Å². The largest absolute Gasteiger partial charge is 0.497 e. The maximum Gasteiger partial charge on any atom is 0.356 e. The second-order valence-corrected chi connectivity index (χ2v) is 6.20. The van der Waals surface area contributed by atoms with Gasteiger partial charge in [0.15, 0.2) is 5.69 Å². The summed E-state index contributed by atoms with van der Waals surface area (Å²) in [7, 11) is 3.35. The first kappa shape index (κ1) is 17.8. The first-order chi connectivity index (χ1) is 12.5. The molecule has 0 aliphatic carbocycles. The van der Waals surface area contributed by atoms with Crippen molar-refractivity contribution < 1.29 is 19.4 Å². The number of aromatic nitrogens is 2. The maximum absolute atomic E-state index is 12.4. The van der Waals surface area contributed by atoms with Gasteiger partial charge in [0.2, 0.25) is 0 Å². The van der Waals surface area contributed by atoms with Gasteiger partial charge in [0.1, 0.15) is 5.75 Å². The van der Waals surface area contributed by atoms with Gasteiger partial charge in [0.25, 0.3) is 0 Å². The molecule has 2 heterocycles. The molecule has 2 amide bonds. The summed E-state index contributed by atoms with van der Waals surface area (Å²) in [6, 6.07) is 7.52. The van der Waals surface area contributed by atoms with E-state index in [2.05, 4.69) is 10.4 Å². The molecule has 2 aromatic rings. The molecule has 0 saturated heterocycles. The van der Waals surface area contributed by atoms with Crippen LogP contribution in [-0.4, -0.2) is 52.0 Å². The lowest BCUT2D eigenvalue weighted by molar-refractivity contribution is 0.0687. The highest BCUT2D eigenvalue weighted by Crippen LogP contribution is 2.22. The Kier molecular flexibility index (Phi) is 5.11. The Morgan fingerprint density at radius 2 is 2.04 bits per heavy atom. The molecule has 0 atom stereocenters. The van der Waals surface area contributed by atoms with E-state index in [1.165, 1.54) is 0 Å². The zero-order valence-corrected chi connectivity index (χ0v) is 14.9. The van der Waals surface area contributed by atoms with E-state index < -0.39 is 5.97 Å². The first-order valence-electron chi connectivity index (χ1n) is 8.43. The van der Waals surface area contributed by atoms with Gasteiger partial charge >= 0.3 is 12.0 Å². The van der Waals surface area contributed by atoms with Crippen LogP contribution in [0.2, 0.25) is 0 Å². The number of benzene rings is 1. The summed E-state index contributed by atoms with van der Waals surface area (Å²) in [5.74, 6) is -0.267. The number of carbonyl (C=O) groups excluding carboxylic acids is 1. The molecule has 8 nitrogen and oxygen atoms in total. The zero-order valence-electron chi connectivity index (χ0n) is 14.9. The van der Waals surface area contributed by atoms with E-state index in [9.17, 15) is 14.7 Å². The highest BCUT2D eigenvalue weighted by molar-refractivity contribution is 5.87. The minimum Gasteiger partial charge on any atom is -0.497 e. The van der Waals surface area contributed by atoms with Gasteiger partial charge in [-0.2, -0.15) is 5.10 Å². The Bertz CT molecular complexity index is 813. The van der Waals surface area contributed by atoms with Crippen molar-refractivity contribution in [2.24, 2.45) is 7.05 Å². The lowest BCUT2D eigenvalue weighted by Crippen LogP contribution is -2.43. The Balaban J connectivity index is 1.56. The lowest BCUT2D eigenvalue weighted by Gasteiger charge is -2.27. The molecule has 1 aromatic heterocycles. The zero-order chi connectivity index (χ0) is 18.7. The average Bonchev–Trinajstić information content (AvgIpc) is 2.98. The summed E-state index contributed by atoms with van der Waals surface area (Å²) in [6.07, 6.45) is 1.31. The van der Waals surface area contributed by atoms with Crippen molar-refractivity contribution in [1.82, 2.24) is 20.0 Å². The van der Waals surface area contributed by atoms with Crippen LogP contribution in [0.1, 0.15) is 27.3 Å². The molecular formula is C18H22N4O4. The van der Waals surface area contributed by atoms with Crippen molar-refractivity contribution in [1.29, 1.82) is 0 Å². The molecule has 138 valence electrons. The number of aryl methyl sites for hydroxylation is 1. The number of nitrogens with zero attached hydrogens (tertiary/aromatic N) is 3. The minimum absolute atomic E-state index is 0.0261. The molecular weight excluding hydrogens is 336 g/mol. The van der Waals surface area contributed by atoms with E-state index in [4.69, 9.17) is 4.74 Å². The van der Waals surface area contributed by atoms with Gasteiger partial charge < -0.3 is 20.1 Å². The molecule has 0 spiro atoms. The normalized spacial score (nSPS) is 13.2. The fourth-order valence-electron chi connectivity index (χ4n) is 3.16. The van der Waals surface area contributed by atoms with E-state index in [1.54, 1.807) is 23.7 Å². The van der Waals surface area contributed by atoms with Crippen LogP contribution in [0, 0.1) is 0 Å². The summed E-state index contributed by atoms with van der Waals surface area (Å²) >= 11 is 0. The monoisotopic (exact) mass is 358 g/mol. The Morgan fingerprint density at radius 1 is 1.31 bits per heavy atom. The predicted octanol–water partition coefficient (Wildman–Crippen LogP) is 1.44. The summed E-state index contributed by atoms with van der Waals surface area (Å²) in [6.45, 7) is 1.31. The standard InChI is InChI=1S/C18H22N4O4/c1-21-15-8-10-22(11-14(15)16(20-21)17(23)24)18(25)19-9-7-12-3-5-13(26-2)6-4-12/h3-6H,7-11H2,1-2H3,(H,19,25)(H,23,24). The number of carboxylic acid groups (broad SMARTS) is 1. The van der Waals surface area contributed by atoms with Crippen LogP contribution in [0.4, 0.5) is 4.79 Å². The van der Waals surface area contributed by atoms with Crippen LogP contribution in [0.25, 0.3) is 0 Å². The number of ether oxygens (including phenoxy) is 1. The molecule has 2 N–H and O–H groups in total. The molecule has 1 aromatic carbocycles. The van der Waals surface area contributed by atoms with E-state index in [1.807, 2.05) is 24.3 Å². The van der Waals surface area contributed by atoms with Crippen molar-refractivity contribution >= 4 is 12.0 Å². The van der Waals surface area contributed by atoms with Crippen molar-refractivity contribution in [3.63, 3.8) is 0 Å². The van der Waals surface area contributed by atoms with Gasteiger partial charge in [-0.3, -0.25) is 4.68 Å². The summed E-state index contributed by atoms with van der Waals surface area (Å²) < 4.78 is 6.72. The Morgan fingerprint density at radius 3 is 2.69 bits per heavy atom. The molecule has 0 saturated carbocycles. The minimum atomic E-state index is -1.07. The summed E-state index contributed by atoms with van der Waals surface area (Å²) in [5.41, 5.74) is 2.63. The fraction of sp³-hybridized carbons (Fsp3) is 0.389. The third-order valence-corrected chi connectivity index (χ3v) is 4.58. The number of urea groups is 1. The number of aromatic carboxylic acids is 1. The maximum atomic E-state index is 12.4. The van der Waals surface area contributed by atoms with Crippen molar-refractivity contribution in [2.75, 3.05) is 20.2 Å². The van der Waals surface area contributed by atoms with E-state index >= 15 is 0 Å². The number of fused-ring (bicyclic) bond motifs is 1. The van der Waals surface area contributed by atoms with E-state index in [0.29, 0.717) is 31.5 Å². The van der Waals surface area contributed by atoms with Crippen LogP contribution in [0.5, 0.6) is 5.75 Å². The van der Waals surface area contributed by atoms with Crippen LogP contribution >= 0.6 is 0 Å². The topological polar surface area (TPSA) is 96.7 Å². The number of carboxylic acids is 1. The van der Waals surface area contributed by atoms with Crippen LogP contribution in [-0.2, 0) is 26.4 Å².